The van der Waals surface area contributed by atoms with Gasteiger partial charge < -0.3 is 15.3 Å². The van der Waals surface area contributed by atoms with Crippen molar-refractivity contribution in [3.63, 3.8) is 0 Å². The molecule has 0 spiro atoms. The SMILES string of the molecule is Cc1c(F)cccc1NC(=O)N1CCCC1CC(=O)O. The van der Waals surface area contributed by atoms with Gasteiger partial charge in [0.1, 0.15) is 5.82 Å². The lowest BCUT2D eigenvalue weighted by atomic mass is 10.1. The molecule has 1 atom stereocenters. The summed E-state index contributed by atoms with van der Waals surface area (Å²) >= 11 is 0. The Bertz CT molecular complexity index is 533. The molecule has 1 heterocycles. The van der Waals surface area contributed by atoms with Crippen molar-refractivity contribution in [1.29, 1.82) is 0 Å². The maximum absolute atomic E-state index is 13.4. The molecule has 1 aliphatic heterocycles. The van der Waals surface area contributed by atoms with Crippen LogP contribution in [0.4, 0.5) is 14.9 Å². The average Bonchev–Trinajstić information content (AvgIpc) is 2.82. The highest BCUT2D eigenvalue weighted by Gasteiger charge is 2.30. The van der Waals surface area contributed by atoms with Crippen LogP contribution in [0, 0.1) is 12.7 Å². The van der Waals surface area contributed by atoms with E-state index in [1.807, 2.05) is 0 Å². The van der Waals surface area contributed by atoms with Crippen LogP contribution in [0.25, 0.3) is 0 Å². The predicted octanol–water partition coefficient (Wildman–Crippen LogP) is 2.61. The molecule has 0 aromatic heterocycles. The Morgan fingerprint density at radius 2 is 2.25 bits per heavy atom. The lowest BCUT2D eigenvalue weighted by molar-refractivity contribution is -0.137. The molecule has 2 amide bonds. The fourth-order valence-corrected chi connectivity index (χ4v) is 2.45. The summed E-state index contributed by atoms with van der Waals surface area (Å²) in [6.07, 6.45) is 1.41. The summed E-state index contributed by atoms with van der Waals surface area (Å²) < 4.78 is 13.4. The van der Waals surface area contributed by atoms with Crippen molar-refractivity contribution in [1.82, 2.24) is 4.90 Å². The molecule has 0 aliphatic carbocycles. The molecule has 0 saturated carbocycles. The maximum atomic E-state index is 13.4. The molecule has 1 aromatic carbocycles. The standard InChI is InChI=1S/C14H17FN2O3/c1-9-11(15)5-2-6-12(9)16-14(20)17-7-3-4-10(17)8-13(18)19/h2,5-6,10H,3-4,7-8H2,1H3,(H,16,20)(H,18,19). The van der Waals surface area contributed by atoms with Gasteiger partial charge in [-0.05, 0) is 31.9 Å². The second-order valence-electron chi connectivity index (χ2n) is 4.93. The summed E-state index contributed by atoms with van der Waals surface area (Å²) in [7, 11) is 0. The fourth-order valence-electron chi connectivity index (χ4n) is 2.45. The molecule has 2 N–H and O–H groups in total. The van der Waals surface area contributed by atoms with Crippen molar-refractivity contribution in [2.24, 2.45) is 0 Å². The molecule has 6 heteroatoms. The molecule has 1 fully saturated rings. The van der Waals surface area contributed by atoms with Crippen LogP contribution in [0.1, 0.15) is 24.8 Å². The second-order valence-corrected chi connectivity index (χ2v) is 4.93. The van der Waals surface area contributed by atoms with Gasteiger partial charge in [-0.15, -0.1) is 0 Å². The second kappa shape index (κ2) is 5.90. The van der Waals surface area contributed by atoms with E-state index in [4.69, 9.17) is 5.11 Å². The van der Waals surface area contributed by atoms with Crippen LogP contribution in [0.15, 0.2) is 18.2 Å². The molecule has 20 heavy (non-hydrogen) atoms. The third kappa shape index (κ3) is 3.07. The maximum Gasteiger partial charge on any atom is 0.322 e. The Morgan fingerprint density at radius 3 is 2.95 bits per heavy atom. The molecule has 108 valence electrons. The van der Waals surface area contributed by atoms with Crippen LogP contribution in [-0.2, 0) is 4.79 Å². The lowest BCUT2D eigenvalue weighted by Gasteiger charge is -2.24. The number of carboxylic acids is 1. The normalized spacial score (nSPS) is 18.1. The first-order valence-electron chi connectivity index (χ1n) is 6.53. The van der Waals surface area contributed by atoms with E-state index >= 15 is 0 Å². The molecular formula is C14H17FN2O3. The number of carboxylic acid groups (broad SMARTS) is 1. The van der Waals surface area contributed by atoms with Crippen LogP contribution in [0.2, 0.25) is 0 Å². The van der Waals surface area contributed by atoms with Gasteiger partial charge in [-0.25, -0.2) is 9.18 Å². The fraction of sp³-hybridized carbons (Fsp3) is 0.429. The van der Waals surface area contributed by atoms with E-state index in [-0.39, 0.29) is 24.3 Å². The quantitative estimate of drug-likeness (QED) is 0.894. The number of carbonyl (C=O) groups excluding carboxylic acids is 1. The number of halogens is 1. The van der Waals surface area contributed by atoms with Crippen molar-refractivity contribution in [2.45, 2.75) is 32.2 Å². The molecule has 0 radical (unpaired) electrons. The predicted molar refractivity (Wildman–Crippen MR) is 72.1 cm³/mol. The molecule has 1 aromatic rings. The number of aliphatic carboxylic acids is 1. The van der Waals surface area contributed by atoms with Crippen LogP contribution in [0.3, 0.4) is 0 Å². The van der Waals surface area contributed by atoms with Gasteiger partial charge in [0, 0.05) is 23.8 Å². The topological polar surface area (TPSA) is 69.6 Å². The molecule has 1 saturated heterocycles. The van der Waals surface area contributed by atoms with Crippen molar-refractivity contribution >= 4 is 17.7 Å². The molecule has 1 aliphatic rings. The van der Waals surface area contributed by atoms with Crippen LogP contribution >= 0.6 is 0 Å². The highest BCUT2D eigenvalue weighted by atomic mass is 19.1. The number of carbonyl (C=O) groups is 2. The van der Waals surface area contributed by atoms with Gasteiger partial charge in [-0.1, -0.05) is 6.07 Å². The lowest BCUT2D eigenvalue weighted by Crippen LogP contribution is -2.39. The van der Waals surface area contributed by atoms with Crippen LogP contribution < -0.4 is 5.32 Å². The summed E-state index contributed by atoms with van der Waals surface area (Å²) in [5.74, 6) is -1.30. The summed E-state index contributed by atoms with van der Waals surface area (Å²) in [5.41, 5.74) is 0.783. The Kier molecular flexibility index (Phi) is 4.22. The van der Waals surface area contributed by atoms with Crippen LogP contribution in [0.5, 0.6) is 0 Å². The van der Waals surface area contributed by atoms with Gasteiger partial charge >= 0.3 is 12.0 Å². The Balaban J connectivity index is 2.07. The van der Waals surface area contributed by atoms with E-state index in [0.29, 0.717) is 24.2 Å². The van der Waals surface area contributed by atoms with Crippen LogP contribution in [-0.4, -0.2) is 34.6 Å². The zero-order chi connectivity index (χ0) is 14.7. The molecule has 0 bridgehead atoms. The van der Waals surface area contributed by atoms with E-state index in [0.717, 1.165) is 6.42 Å². The zero-order valence-corrected chi connectivity index (χ0v) is 11.2. The third-order valence-corrected chi connectivity index (χ3v) is 3.56. The van der Waals surface area contributed by atoms with E-state index in [2.05, 4.69) is 5.32 Å². The van der Waals surface area contributed by atoms with Crippen molar-refractivity contribution in [2.75, 3.05) is 11.9 Å². The summed E-state index contributed by atoms with van der Waals surface area (Å²) in [6.45, 7) is 2.11. The largest absolute Gasteiger partial charge is 0.481 e. The van der Waals surface area contributed by atoms with E-state index in [1.54, 1.807) is 13.0 Å². The Morgan fingerprint density at radius 1 is 1.50 bits per heavy atom. The first-order valence-corrected chi connectivity index (χ1v) is 6.53. The van der Waals surface area contributed by atoms with Gasteiger partial charge in [0.2, 0.25) is 0 Å². The van der Waals surface area contributed by atoms with Gasteiger partial charge in [-0.3, -0.25) is 4.79 Å². The highest BCUT2D eigenvalue weighted by molar-refractivity contribution is 5.90. The number of likely N-dealkylation sites (tertiary alicyclic amines) is 1. The van der Waals surface area contributed by atoms with Gasteiger partial charge in [0.25, 0.3) is 0 Å². The van der Waals surface area contributed by atoms with Crippen molar-refractivity contribution in [3.8, 4) is 0 Å². The molecule has 5 nitrogen and oxygen atoms in total. The number of hydrogen-bond donors (Lipinski definition) is 2. The Labute approximate surface area is 116 Å². The third-order valence-electron chi connectivity index (χ3n) is 3.56. The van der Waals surface area contributed by atoms with E-state index in [9.17, 15) is 14.0 Å². The number of anilines is 1. The molecular weight excluding hydrogens is 263 g/mol. The number of nitrogens with one attached hydrogen (secondary N) is 1. The zero-order valence-electron chi connectivity index (χ0n) is 11.2. The number of amides is 2. The number of rotatable bonds is 3. The number of hydrogen-bond acceptors (Lipinski definition) is 2. The first-order chi connectivity index (χ1) is 9.49. The number of urea groups is 1. The minimum atomic E-state index is -0.920. The smallest absolute Gasteiger partial charge is 0.322 e. The summed E-state index contributed by atoms with van der Waals surface area (Å²) in [4.78, 5) is 24.5. The first kappa shape index (κ1) is 14.3. The minimum Gasteiger partial charge on any atom is -0.481 e. The average molecular weight is 280 g/mol. The summed E-state index contributed by atoms with van der Waals surface area (Å²) in [6, 6.07) is 3.81. The molecule has 1 unspecified atom stereocenters. The van der Waals surface area contributed by atoms with Gasteiger partial charge in [-0.2, -0.15) is 0 Å². The highest BCUT2D eigenvalue weighted by Crippen LogP contribution is 2.23. The monoisotopic (exact) mass is 280 g/mol. The number of nitrogens with zero attached hydrogens (tertiary/aromatic N) is 1. The summed E-state index contributed by atoms with van der Waals surface area (Å²) in [5, 5.41) is 11.5. The van der Waals surface area contributed by atoms with E-state index in [1.165, 1.54) is 17.0 Å². The van der Waals surface area contributed by atoms with Crippen molar-refractivity contribution < 1.29 is 19.1 Å². The Hall–Kier alpha value is -2.11. The van der Waals surface area contributed by atoms with Gasteiger partial charge in [0.05, 0.1) is 6.42 Å². The van der Waals surface area contributed by atoms with E-state index < -0.39 is 5.97 Å². The van der Waals surface area contributed by atoms with Crippen molar-refractivity contribution in [3.05, 3.63) is 29.6 Å². The number of benzene rings is 1. The van der Waals surface area contributed by atoms with Gasteiger partial charge in [0.15, 0.2) is 0 Å². The molecule has 2 rings (SSSR count). The minimum absolute atomic E-state index is 0.0600.